The summed E-state index contributed by atoms with van der Waals surface area (Å²) in [6.07, 6.45) is -1.47. The van der Waals surface area contributed by atoms with Crippen LogP contribution in [0.1, 0.15) is 32.6 Å². The van der Waals surface area contributed by atoms with Gasteiger partial charge < -0.3 is 11.1 Å². The van der Waals surface area contributed by atoms with E-state index in [1.54, 1.807) is 0 Å². The molecular formula is C11H21F3N2. The van der Waals surface area contributed by atoms with Crippen molar-refractivity contribution in [2.75, 3.05) is 13.1 Å². The summed E-state index contributed by atoms with van der Waals surface area (Å²) in [7, 11) is 0. The summed E-state index contributed by atoms with van der Waals surface area (Å²) in [5.74, 6) is -1.40. The maximum absolute atomic E-state index is 12.7. The Morgan fingerprint density at radius 3 is 2.50 bits per heavy atom. The average molecular weight is 238 g/mol. The van der Waals surface area contributed by atoms with Gasteiger partial charge in [-0.1, -0.05) is 12.8 Å². The number of nitrogens with one attached hydrogen (secondary N) is 1. The molecule has 0 spiro atoms. The van der Waals surface area contributed by atoms with Crippen LogP contribution in [0, 0.1) is 11.8 Å². The summed E-state index contributed by atoms with van der Waals surface area (Å²) in [6.45, 7) is 2.79. The first kappa shape index (κ1) is 13.8. The van der Waals surface area contributed by atoms with Gasteiger partial charge in [-0.2, -0.15) is 13.2 Å². The maximum atomic E-state index is 12.7. The van der Waals surface area contributed by atoms with E-state index in [4.69, 9.17) is 5.73 Å². The zero-order valence-electron chi connectivity index (χ0n) is 9.69. The third-order valence-electron chi connectivity index (χ3n) is 3.41. The predicted molar refractivity (Wildman–Crippen MR) is 58.0 cm³/mol. The summed E-state index contributed by atoms with van der Waals surface area (Å²) >= 11 is 0. The first-order valence-electron chi connectivity index (χ1n) is 5.95. The third-order valence-corrected chi connectivity index (χ3v) is 3.41. The van der Waals surface area contributed by atoms with Crippen molar-refractivity contribution in [3.63, 3.8) is 0 Å². The Balaban J connectivity index is 2.47. The van der Waals surface area contributed by atoms with Crippen LogP contribution in [0.2, 0.25) is 0 Å². The van der Waals surface area contributed by atoms with Gasteiger partial charge >= 0.3 is 6.18 Å². The number of alkyl halides is 3. The van der Waals surface area contributed by atoms with Crippen LogP contribution in [0.5, 0.6) is 0 Å². The van der Waals surface area contributed by atoms with Gasteiger partial charge in [-0.05, 0) is 32.2 Å². The van der Waals surface area contributed by atoms with Crippen molar-refractivity contribution in [1.82, 2.24) is 5.32 Å². The van der Waals surface area contributed by atoms with Crippen molar-refractivity contribution >= 4 is 0 Å². The van der Waals surface area contributed by atoms with Crippen molar-refractivity contribution in [1.29, 1.82) is 0 Å². The summed E-state index contributed by atoms with van der Waals surface area (Å²) in [6, 6.07) is 0.0933. The van der Waals surface area contributed by atoms with Gasteiger partial charge in [0.25, 0.3) is 0 Å². The first-order valence-corrected chi connectivity index (χ1v) is 5.95. The monoisotopic (exact) mass is 238 g/mol. The normalized spacial score (nSPS) is 29.1. The fraction of sp³-hybridized carbons (Fsp3) is 1.00. The van der Waals surface area contributed by atoms with Crippen molar-refractivity contribution in [3.8, 4) is 0 Å². The molecule has 5 heteroatoms. The molecule has 0 heterocycles. The number of rotatable bonds is 4. The van der Waals surface area contributed by atoms with Gasteiger partial charge in [0.15, 0.2) is 0 Å². The second kappa shape index (κ2) is 5.87. The molecule has 0 aromatic rings. The van der Waals surface area contributed by atoms with Crippen LogP contribution in [0.15, 0.2) is 0 Å². The lowest BCUT2D eigenvalue weighted by molar-refractivity contribution is -0.195. The minimum absolute atomic E-state index is 0.0933. The Morgan fingerprint density at radius 1 is 1.31 bits per heavy atom. The summed E-state index contributed by atoms with van der Waals surface area (Å²) < 4.78 is 38.2. The van der Waals surface area contributed by atoms with E-state index in [1.807, 2.05) is 6.92 Å². The fourth-order valence-corrected chi connectivity index (χ4v) is 2.32. The summed E-state index contributed by atoms with van der Waals surface area (Å²) in [5.41, 5.74) is 5.42. The van der Waals surface area contributed by atoms with E-state index in [2.05, 4.69) is 5.32 Å². The van der Waals surface area contributed by atoms with Crippen LogP contribution in [-0.4, -0.2) is 25.3 Å². The Morgan fingerprint density at radius 2 is 1.94 bits per heavy atom. The minimum atomic E-state index is -4.04. The molecule has 1 aliphatic carbocycles. The molecule has 0 saturated heterocycles. The molecule has 1 aliphatic rings. The quantitative estimate of drug-likeness (QED) is 0.788. The molecule has 0 bridgehead atoms. The van der Waals surface area contributed by atoms with Crippen molar-refractivity contribution in [2.24, 2.45) is 17.6 Å². The van der Waals surface area contributed by atoms with E-state index >= 15 is 0 Å². The molecule has 0 radical (unpaired) electrons. The second-order valence-corrected chi connectivity index (χ2v) is 4.74. The van der Waals surface area contributed by atoms with Gasteiger partial charge in [0.05, 0.1) is 5.92 Å². The molecule has 0 amide bonds. The number of nitrogens with two attached hydrogens (primary N) is 1. The molecule has 0 aromatic carbocycles. The number of hydrogen-bond donors (Lipinski definition) is 2. The molecule has 0 aliphatic heterocycles. The largest absolute Gasteiger partial charge is 0.392 e. The van der Waals surface area contributed by atoms with E-state index in [9.17, 15) is 13.2 Å². The lowest BCUT2D eigenvalue weighted by atomic mass is 9.78. The molecule has 16 heavy (non-hydrogen) atoms. The van der Waals surface area contributed by atoms with Gasteiger partial charge in [0.1, 0.15) is 0 Å². The zero-order valence-corrected chi connectivity index (χ0v) is 9.69. The van der Waals surface area contributed by atoms with Crippen molar-refractivity contribution in [2.45, 2.75) is 44.8 Å². The van der Waals surface area contributed by atoms with E-state index in [1.165, 1.54) is 0 Å². The highest BCUT2D eigenvalue weighted by Crippen LogP contribution is 2.41. The smallest absolute Gasteiger partial charge is 0.329 e. The van der Waals surface area contributed by atoms with Gasteiger partial charge in [-0.25, -0.2) is 0 Å². The van der Waals surface area contributed by atoms with E-state index in [-0.39, 0.29) is 18.4 Å². The molecule has 96 valence electrons. The standard InChI is InChI=1S/C11H21F3N2/c1-8(6-15)16-7-9-4-2-3-5-10(9)11(12,13)14/h8-10,16H,2-7,15H2,1H3. The zero-order chi connectivity index (χ0) is 12.2. The summed E-state index contributed by atoms with van der Waals surface area (Å²) in [4.78, 5) is 0. The van der Waals surface area contributed by atoms with E-state index < -0.39 is 12.1 Å². The van der Waals surface area contributed by atoms with Gasteiger partial charge in [0, 0.05) is 12.6 Å². The van der Waals surface area contributed by atoms with Crippen LogP contribution in [0.4, 0.5) is 13.2 Å². The molecule has 0 aromatic heterocycles. The number of halogens is 3. The van der Waals surface area contributed by atoms with Crippen LogP contribution in [0.25, 0.3) is 0 Å². The van der Waals surface area contributed by atoms with Crippen LogP contribution < -0.4 is 11.1 Å². The van der Waals surface area contributed by atoms with E-state index in [0.717, 1.165) is 6.42 Å². The summed E-state index contributed by atoms with van der Waals surface area (Å²) in [5, 5.41) is 3.08. The molecule has 3 unspecified atom stereocenters. The first-order chi connectivity index (χ1) is 7.45. The van der Waals surface area contributed by atoms with Crippen molar-refractivity contribution in [3.05, 3.63) is 0 Å². The van der Waals surface area contributed by atoms with Gasteiger partial charge in [0.2, 0.25) is 0 Å². The predicted octanol–water partition coefficient (Wildman–Crippen LogP) is 2.29. The topological polar surface area (TPSA) is 38.0 Å². The number of hydrogen-bond acceptors (Lipinski definition) is 2. The molecule has 3 N–H and O–H groups in total. The highest BCUT2D eigenvalue weighted by atomic mass is 19.4. The highest BCUT2D eigenvalue weighted by molar-refractivity contribution is 4.82. The maximum Gasteiger partial charge on any atom is 0.392 e. The van der Waals surface area contributed by atoms with Crippen LogP contribution in [-0.2, 0) is 0 Å². The SMILES string of the molecule is CC(CN)NCC1CCCCC1C(F)(F)F. The Kier molecular flexibility index (Phi) is 5.05. The fourth-order valence-electron chi connectivity index (χ4n) is 2.32. The van der Waals surface area contributed by atoms with Crippen LogP contribution >= 0.6 is 0 Å². The molecule has 1 fully saturated rings. The second-order valence-electron chi connectivity index (χ2n) is 4.74. The van der Waals surface area contributed by atoms with E-state index in [0.29, 0.717) is 25.9 Å². The Hall–Kier alpha value is -0.290. The Labute approximate surface area is 94.8 Å². The minimum Gasteiger partial charge on any atom is -0.329 e. The molecule has 1 rings (SSSR count). The Bertz CT molecular complexity index is 206. The van der Waals surface area contributed by atoms with Crippen molar-refractivity contribution < 1.29 is 13.2 Å². The molecule has 1 saturated carbocycles. The molecule has 2 nitrogen and oxygen atoms in total. The van der Waals surface area contributed by atoms with Gasteiger partial charge in [-0.3, -0.25) is 0 Å². The van der Waals surface area contributed by atoms with Gasteiger partial charge in [-0.15, -0.1) is 0 Å². The lowest BCUT2D eigenvalue weighted by Crippen LogP contribution is -2.42. The lowest BCUT2D eigenvalue weighted by Gasteiger charge is -2.33. The molecular weight excluding hydrogens is 217 g/mol. The molecule has 3 atom stereocenters. The average Bonchev–Trinajstić information content (AvgIpc) is 2.25. The van der Waals surface area contributed by atoms with Crippen LogP contribution in [0.3, 0.4) is 0 Å². The highest BCUT2D eigenvalue weighted by Gasteiger charge is 2.45. The third kappa shape index (κ3) is 3.94.